The number of benzene rings is 3. The Kier molecular flexibility index (Phi) is 3.47. The van der Waals surface area contributed by atoms with Crippen LogP contribution in [-0.2, 0) is 10.3 Å². The van der Waals surface area contributed by atoms with Crippen LogP contribution in [0.15, 0.2) is 77.7 Å². The number of thioether (sulfide) groups is 1. The molecule has 4 rings (SSSR count). The summed E-state index contributed by atoms with van der Waals surface area (Å²) in [6, 6.07) is 25.8. The number of hydrogen-bond acceptors (Lipinski definition) is 2. The summed E-state index contributed by atoms with van der Waals surface area (Å²) in [7, 11) is 0. The van der Waals surface area contributed by atoms with E-state index in [2.05, 4.69) is 86.6 Å². The molecule has 0 saturated carbocycles. The first-order valence-electron chi connectivity index (χ1n) is 7.98. The Morgan fingerprint density at radius 1 is 0.826 bits per heavy atom. The molecule has 0 aliphatic carbocycles. The zero-order valence-corrected chi connectivity index (χ0v) is 14.3. The predicted molar refractivity (Wildman–Crippen MR) is 98.0 cm³/mol. The van der Waals surface area contributed by atoms with Crippen molar-refractivity contribution in [1.29, 1.82) is 0 Å². The minimum atomic E-state index is -0.176. The number of epoxide rings is 1. The average molecular weight is 320 g/mol. The second-order valence-electron chi connectivity index (χ2n) is 6.60. The summed E-state index contributed by atoms with van der Waals surface area (Å²) in [5.74, 6) is 0.933. The number of fused-ring (bicyclic) bond motifs is 1. The molecule has 0 amide bonds. The molecule has 0 aromatic heterocycles. The standard InChI is InChI=1S/C21H20OS/c1-20(2)21(22-20,18-10-4-3-5-11-18)15-23-19-13-12-16-8-6-7-9-17(16)14-19/h3-14H,15H2,1-2H3. The predicted octanol–water partition coefficient (Wildman–Crippen LogP) is 5.64. The molecule has 1 nitrogen and oxygen atoms in total. The summed E-state index contributed by atoms with van der Waals surface area (Å²) in [6.07, 6.45) is 0. The molecule has 1 aliphatic heterocycles. The fourth-order valence-electron chi connectivity index (χ4n) is 3.25. The van der Waals surface area contributed by atoms with E-state index in [1.54, 1.807) is 0 Å². The molecule has 1 unspecified atom stereocenters. The minimum Gasteiger partial charge on any atom is -0.357 e. The Balaban J connectivity index is 1.59. The first-order valence-corrected chi connectivity index (χ1v) is 8.97. The van der Waals surface area contributed by atoms with E-state index in [4.69, 9.17) is 4.74 Å². The highest BCUT2D eigenvalue weighted by Gasteiger charge is 2.64. The molecule has 0 radical (unpaired) electrons. The molecule has 0 spiro atoms. The Hall–Kier alpha value is -1.77. The van der Waals surface area contributed by atoms with Crippen molar-refractivity contribution in [3.63, 3.8) is 0 Å². The third kappa shape index (κ3) is 2.56. The van der Waals surface area contributed by atoms with Crippen molar-refractivity contribution in [2.75, 3.05) is 5.75 Å². The van der Waals surface area contributed by atoms with Gasteiger partial charge in [-0.3, -0.25) is 0 Å². The van der Waals surface area contributed by atoms with Crippen molar-refractivity contribution in [2.24, 2.45) is 0 Å². The van der Waals surface area contributed by atoms with Crippen LogP contribution in [0.2, 0.25) is 0 Å². The number of rotatable bonds is 4. The quantitative estimate of drug-likeness (QED) is 0.456. The second-order valence-corrected chi connectivity index (χ2v) is 7.65. The van der Waals surface area contributed by atoms with Crippen LogP contribution in [0.5, 0.6) is 0 Å². The van der Waals surface area contributed by atoms with Gasteiger partial charge in [0.2, 0.25) is 0 Å². The second kappa shape index (κ2) is 5.40. The molecule has 1 aliphatic rings. The highest BCUT2D eigenvalue weighted by Crippen LogP contribution is 2.57. The summed E-state index contributed by atoms with van der Waals surface area (Å²) < 4.78 is 6.17. The SMILES string of the molecule is CC1(C)OC1(CSc1ccc2ccccc2c1)c1ccccc1. The third-order valence-electron chi connectivity index (χ3n) is 4.76. The van der Waals surface area contributed by atoms with E-state index in [1.165, 1.54) is 21.2 Å². The van der Waals surface area contributed by atoms with E-state index in [0.717, 1.165) is 5.75 Å². The van der Waals surface area contributed by atoms with Gasteiger partial charge in [-0.1, -0.05) is 60.7 Å². The Labute approximate surface area is 141 Å². The highest BCUT2D eigenvalue weighted by atomic mass is 32.2. The van der Waals surface area contributed by atoms with Gasteiger partial charge in [0.05, 0.1) is 5.60 Å². The van der Waals surface area contributed by atoms with E-state index < -0.39 is 0 Å². The molecule has 2 heteroatoms. The third-order valence-corrected chi connectivity index (χ3v) is 5.90. The molecular weight excluding hydrogens is 300 g/mol. The molecule has 116 valence electrons. The molecular formula is C21H20OS. The zero-order valence-electron chi connectivity index (χ0n) is 13.5. The van der Waals surface area contributed by atoms with Gasteiger partial charge in [0.1, 0.15) is 5.60 Å². The lowest BCUT2D eigenvalue weighted by atomic mass is 9.90. The summed E-state index contributed by atoms with van der Waals surface area (Å²) in [5.41, 5.74) is 1.00. The normalized spacial score (nSPS) is 22.2. The zero-order chi connectivity index (χ0) is 15.9. The van der Waals surface area contributed by atoms with Crippen LogP contribution < -0.4 is 0 Å². The van der Waals surface area contributed by atoms with Gasteiger partial charge in [-0.15, -0.1) is 11.8 Å². The topological polar surface area (TPSA) is 12.5 Å². The van der Waals surface area contributed by atoms with Crippen molar-refractivity contribution in [3.8, 4) is 0 Å². The molecule has 3 aromatic rings. The van der Waals surface area contributed by atoms with Gasteiger partial charge in [0.25, 0.3) is 0 Å². The first kappa shape index (κ1) is 14.8. The molecule has 0 bridgehead atoms. The van der Waals surface area contributed by atoms with Crippen LogP contribution in [-0.4, -0.2) is 11.4 Å². The lowest BCUT2D eigenvalue weighted by Crippen LogP contribution is -2.21. The molecule has 3 aromatic carbocycles. The van der Waals surface area contributed by atoms with Gasteiger partial charge >= 0.3 is 0 Å². The highest BCUT2D eigenvalue weighted by molar-refractivity contribution is 7.99. The van der Waals surface area contributed by atoms with Crippen molar-refractivity contribution < 1.29 is 4.74 Å². The van der Waals surface area contributed by atoms with Crippen LogP contribution >= 0.6 is 11.8 Å². The molecule has 1 fully saturated rings. The van der Waals surface area contributed by atoms with E-state index in [-0.39, 0.29) is 11.2 Å². The fraction of sp³-hybridized carbons (Fsp3) is 0.238. The van der Waals surface area contributed by atoms with Crippen LogP contribution in [0.3, 0.4) is 0 Å². The average Bonchev–Trinajstić information content (AvgIpc) is 3.16. The number of hydrogen-bond donors (Lipinski definition) is 0. The fourth-order valence-corrected chi connectivity index (χ4v) is 4.57. The van der Waals surface area contributed by atoms with Crippen molar-refractivity contribution in [1.82, 2.24) is 0 Å². The van der Waals surface area contributed by atoms with Crippen molar-refractivity contribution >= 4 is 22.5 Å². The Bertz CT molecular complexity index is 841. The van der Waals surface area contributed by atoms with Crippen LogP contribution in [0, 0.1) is 0 Å². The van der Waals surface area contributed by atoms with Gasteiger partial charge in [0, 0.05) is 10.6 Å². The maximum absolute atomic E-state index is 6.17. The van der Waals surface area contributed by atoms with E-state index in [1.807, 2.05) is 11.8 Å². The van der Waals surface area contributed by atoms with Gasteiger partial charge in [0.15, 0.2) is 0 Å². The van der Waals surface area contributed by atoms with Gasteiger partial charge < -0.3 is 4.74 Å². The lowest BCUT2D eigenvalue weighted by molar-refractivity contribution is 0.290. The Morgan fingerprint density at radius 3 is 2.17 bits per heavy atom. The maximum atomic E-state index is 6.17. The van der Waals surface area contributed by atoms with E-state index in [9.17, 15) is 0 Å². The smallest absolute Gasteiger partial charge is 0.132 e. The molecule has 0 N–H and O–H groups in total. The summed E-state index contributed by atoms with van der Waals surface area (Å²) in [5, 5.41) is 2.58. The van der Waals surface area contributed by atoms with Gasteiger partial charge in [-0.2, -0.15) is 0 Å². The lowest BCUT2D eigenvalue weighted by Gasteiger charge is -2.15. The van der Waals surface area contributed by atoms with Gasteiger partial charge in [-0.25, -0.2) is 0 Å². The van der Waals surface area contributed by atoms with Gasteiger partial charge in [-0.05, 0) is 42.3 Å². The monoisotopic (exact) mass is 320 g/mol. The van der Waals surface area contributed by atoms with Crippen molar-refractivity contribution in [2.45, 2.75) is 29.9 Å². The minimum absolute atomic E-state index is 0.0990. The maximum Gasteiger partial charge on any atom is 0.132 e. The van der Waals surface area contributed by atoms with Crippen molar-refractivity contribution in [3.05, 3.63) is 78.4 Å². The van der Waals surface area contributed by atoms with E-state index >= 15 is 0 Å². The van der Waals surface area contributed by atoms with Crippen LogP contribution in [0.25, 0.3) is 10.8 Å². The molecule has 1 atom stereocenters. The largest absolute Gasteiger partial charge is 0.357 e. The Morgan fingerprint density at radius 2 is 1.48 bits per heavy atom. The first-order chi connectivity index (χ1) is 11.1. The van der Waals surface area contributed by atoms with E-state index in [0.29, 0.717) is 0 Å². The van der Waals surface area contributed by atoms with Crippen LogP contribution in [0.4, 0.5) is 0 Å². The summed E-state index contributed by atoms with van der Waals surface area (Å²) in [4.78, 5) is 1.30. The molecule has 1 saturated heterocycles. The summed E-state index contributed by atoms with van der Waals surface area (Å²) in [6.45, 7) is 4.36. The summed E-state index contributed by atoms with van der Waals surface area (Å²) >= 11 is 1.88. The number of ether oxygens (including phenoxy) is 1. The van der Waals surface area contributed by atoms with Crippen LogP contribution in [0.1, 0.15) is 19.4 Å². The molecule has 1 heterocycles. The molecule has 23 heavy (non-hydrogen) atoms.